The van der Waals surface area contributed by atoms with Crippen LogP contribution in [0.3, 0.4) is 0 Å². The Morgan fingerprint density at radius 1 is 0.177 bits per heavy atom. The van der Waals surface area contributed by atoms with Gasteiger partial charge in [0, 0.05) is 0 Å². The maximum Gasteiger partial charge on any atom is 0.631 e. The molecule has 0 aliphatic rings. The van der Waals surface area contributed by atoms with Gasteiger partial charge in [-0.15, -0.1) is 0 Å². The van der Waals surface area contributed by atoms with Gasteiger partial charge in [-0.05, 0) is 296 Å². The Kier molecular flexibility index (Phi) is 22.2. The summed E-state index contributed by atoms with van der Waals surface area (Å²) in [6.07, 6.45) is 0. The zero-order valence-corrected chi connectivity index (χ0v) is 53.0. The number of benzene rings is 9. The van der Waals surface area contributed by atoms with Gasteiger partial charge in [0.2, 0.25) is 0 Å². The second-order valence-electron chi connectivity index (χ2n) is 21.5. The second kappa shape index (κ2) is 28.1. The Morgan fingerprint density at radius 3 is 0.304 bits per heavy atom. The van der Waals surface area contributed by atoms with E-state index in [2.05, 4.69) is 288 Å². The first-order valence-corrected chi connectivity index (χ1v) is 31.5. The van der Waals surface area contributed by atoms with Crippen molar-refractivity contribution in [2.24, 2.45) is 0 Å². The van der Waals surface area contributed by atoms with Crippen LogP contribution in [0.2, 0.25) is 0 Å². The Bertz CT molecular complexity index is 2660. The Labute approximate surface area is 479 Å². The van der Waals surface area contributed by atoms with Crippen LogP contribution in [-0.4, -0.2) is 22.4 Å². The molecule has 0 heterocycles. The van der Waals surface area contributed by atoms with Crippen molar-refractivity contribution in [1.29, 1.82) is 0 Å². The lowest BCUT2D eigenvalue weighted by Crippen LogP contribution is -2.29. The van der Waals surface area contributed by atoms with E-state index in [4.69, 9.17) is 15.1 Å². The first-order valence-electron chi connectivity index (χ1n) is 27.5. The Morgan fingerprint density at radius 2 is 0.241 bits per heavy atom. The van der Waals surface area contributed by atoms with E-state index in [1.54, 1.807) is 0 Å². The molecule has 0 bridgehead atoms. The van der Waals surface area contributed by atoms with Gasteiger partial charge in [-0.3, -0.25) is 0 Å². The lowest BCUT2D eigenvalue weighted by molar-refractivity contribution is 0.278. The molecule has 0 saturated heterocycles. The van der Waals surface area contributed by atoms with E-state index >= 15 is 0 Å². The highest BCUT2D eigenvalue weighted by Crippen LogP contribution is 2.43. The van der Waals surface area contributed by atoms with E-state index in [1.807, 2.05) is 0 Å². The molecule has 79 heavy (non-hydrogen) atoms. The first-order chi connectivity index (χ1) is 37.5. The molecule has 9 rings (SSSR count). The largest absolute Gasteiger partial charge is 0.631 e. The fourth-order valence-electron chi connectivity index (χ4n) is 11.4. The van der Waals surface area contributed by atoms with E-state index in [9.17, 15) is 0 Å². The van der Waals surface area contributed by atoms with Gasteiger partial charge in [-0.1, -0.05) is 164 Å². The number of hydrogen-bond donors (Lipinski definition) is 3. The molecule has 0 aromatic heterocycles. The van der Waals surface area contributed by atoms with Crippen molar-refractivity contribution < 1.29 is 15.1 Å². The molecule has 3 nitrogen and oxygen atoms in total. The molecule has 0 spiro atoms. The number of hydrogen-bond acceptors (Lipinski definition) is 3. The smallest absolute Gasteiger partial charge is 0.402 e. The van der Waals surface area contributed by atoms with Gasteiger partial charge in [0.25, 0.3) is 0 Å². The average molecular weight is 1100 g/mol. The molecule has 3 N–H and O–H groups in total. The molecule has 0 unspecified atom stereocenters. The first kappa shape index (κ1) is 62.4. The molecule has 9 aromatic carbocycles. The van der Waals surface area contributed by atoms with Crippen molar-refractivity contribution in [3.8, 4) is 0 Å². The minimum absolute atomic E-state index is 0.571. The van der Waals surface area contributed by atoms with Gasteiger partial charge >= 0.3 is 7.32 Å². The third kappa shape index (κ3) is 14.6. The Hall–Kier alpha value is -5.79. The predicted octanol–water partition coefficient (Wildman–Crippen LogP) is 13.8. The molecule has 0 fully saturated rings. The van der Waals surface area contributed by atoms with Crippen molar-refractivity contribution in [3.63, 3.8) is 0 Å². The van der Waals surface area contributed by atoms with Crippen LogP contribution in [0.15, 0.2) is 164 Å². The van der Waals surface area contributed by atoms with Gasteiger partial charge in [0.15, 0.2) is 0 Å². The molecule has 408 valence electrons. The van der Waals surface area contributed by atoms with Gasteiger partial charge in [-0.25, -0.2) is 0 Å². The number of rotatable bonds is 9. The summed E-state index contributed by atoms with van der Waals surface area (Å²) in [5.74, 6) is 0. The molecule has 0 aliphatic carbocycles. The standard InChI is InChI=1S/3C24H27P.BH3O3/c3*1-16-10-7-11-17(2)22(16)25(23-18(3)12-8-13-19(23)4)24-20(5)14-9-15-21(24)6;2-1(3)4/h3*7-15H,1-6H3;2-4H. The lowest BCUT2D eigenvalue weighted by atomic mass is 10.1. The van der Waals surface area contributed by atoms with Crippen LogP contribution in [0.1, 0.15) is 100 Å². The van der Waals surface area contributed by atoms with E-state index in [0.29, 0.717) is 0 Å². The quantitative estimate of drug-likeness (QED) is 0.0997. The minimum Gasteiger partial charge on any atom is -0.402 e. The average Bonchev–Trinajstić information content (AvgIpc) is 3.35. The highest BCUT2D eigenvalue weighted by Gasteiger charge is 2.29. The van der Waals surface area contributed by atoms with Crippen LogP contribution < -0.4 is 47.7 Å². The van der Waals surface area contributed by atoms with Gasteiger partial charge < -0.3 is 15.1 Å². The predicted molar refractivity (Wildman–Crippen MR) is 353 cm³/mol. The summed E-state index contributed by atoms with van der Waals surface area (Å²) in [5.41, 5.74) is 25.2. The van der Waals surface area contributed by atoms with Gasteiger partial charge in [0.05, 0.1) is 0 Å². The second-order valence-corrected chi connectivity index (χ2v) is 27.6. The monoisotopic (exact) mass is 1100 g/mol. The minimum atomic E-state index is -2.17. The van der Waals surface area contributed by atoms with Crippen molar-refractivity contribution in [2.45, 2.75) is 125 Å². The van der Waals surface area contributed by atoms with E-state index in [0.717, 1.165) is 0 Å². The van der Waals surface area contributed by atoms with Crippen LogP contribution in [0.25, 0.3) is 0 Å². The maximum absolute atomic E-state index is 7.17. The normalized spacial score (nSPS) is 10.9. The van der Waals surface area contributed by atoms with Gasteiger partial charge in [0.1, 0.15) is 0 Å². The molecule has 0 aliphatic heterocycles. The molecular formula is C72H84BO3P3. The van der Waals surface area contributed by atoms with Crippen molar-refractivity contribution in [1.82, 2.24) is 0 Å². The summed E-state index contributed by atoms with van der Waals surface area (Å²) in [5, 5.41) is 35.2. The molecular weight excluding hydrogens is 1020 g/mol. The third-order valence-corrected chi connectivity index (χ3v) is 25.3. The summed E-state index contributed by atoms with van der Waals surface area (Å²) in [6.45, 7) is 40.7. The molecule has 0 saturated carbocycles. The lowest BCUT2D eigenvalue weighted by Gasteiger charge is -2.29. The zero-order chi connectivity index (χ0) is 58.0. The summed E-state index contributed by atoms with van der Waals surface area (Å²) in [6, 6.07) is 60.3. The fraction of sp³-hybridized carbons (Fsp3) is 0.250. The third-order valence-electron chi connectivity index (χ3n) is 15.0. The molecule has 9 aromatic rings. The molecule has 0 atom stereocenters. The van der Waals surface area contributed by atoms with Crippen LogP contribution in [0.4, 0.5) is 0 Å². The van der Waals surface area contributed by atoms with Crippen LogP contribution in [0.5, 0.6) is 0 Å². The fourth-order valence-corrected chi connectivity index (χ4v) is 21.1. The Balaban J connectivity index is 0.000000185. The zero-order valence-electron chi connectivity index (χ0n) is 50.3. The summed E-state index contributed by atoms with van der Waals surface area (Å²) < 4.78 is 0. The van der Waals surface area contributed by atoms with Crippen molar-refractivity contribution in [2.75, 3.05) is 0 Å². The highest BCUT2D eigenvalue weighted by molar-refractivity contribution is 7.81. The van der Waals surface area contributed by atoms with Crippen molar-refractivity contribution in [3.05, 3.63) is 264 Å². The van der Waals surface area contributed by atoms with Crippen LogP contribution in [0, 0.1) is 125 Å². The number of aryl methyl sites for hydroxylation is 18. The topological polar surface area (TPSA) is 60.7 Å². The molecule has 0 radical (unpaired) electrons. The maximum atomic E-state index is 7.17. The molecule has 7 heteroatoms. The highest BCUT2D eigenvalue weighted by atomic mass is 31.1. The SMILES string of the molecule is Cc1cccc(C)c1P(c1c(C)cccc1C)c1c(C)cccc1C.Cc1cccc(C)c1P(c1c(C)cccc1C)c1c(C)cccc1C.Cc1cccc(C)c1P(c1c(C)cccc1C)c1c(C)cccc1C.OB(O)O. The van der Waals surface area contributed by atoms with E-state index in [-0.39, 0.29) is 0 Å². The van der Waals surface area contributed by atoms with Crippen molar-refractivity contribution >= 4 is 78.8 Å². The summed E-state index contributed by atoms with van der Waals surface area (Å²) in [4.78, 5) is 0. The van der Waals surface area contributed by atoms with E-state index < -0.39 is 31.1 Å². The summed E-state index contributed by atoms with van der Waals surface area (Å²) in [7, 11) is -3.88. The summed E-state index contributed by atoms with van der Waals surface area (Å²) >= 11 is 0. The van der Waals surface area contributed by atoms with Crippen LogP contribution >= 0.6 is 23.8 Å². The van der Waals surface area contributed by atoms with Crippen LogP contribution in [-0.2, 0) is 0 Å². The van der Waals surface area contributed by atoms with E-state index in [1.165, 1.54) is 148 Å². The molecule has 0 amide bonds. The van der Waals surface area contributed by atoms with Gasteiger partial charge in [-0.2, -0.15) is 0 Å².